The quantitative estimate of drug-likeness (QED) is 0.345. The Morgan fingerprint density at radius 1 is 1.00 bits per heavy atom. The molecule has 0 radical (unpaired) electrons. The first-order valence-electron chi connectivity index (χ1n) is 9.23. The summed E-state index contributed by atoms with van der Waals surface area (Å²) in [5.41, 5.74) is -0.513. The third kappa shape index (κ3) is 4.22. The van der Waals surface area contributed by atoms with Gasteiger partial charge in [0.15, 0.2) is 0 Å². The fraction of sp³-hybridized carbons (Fsp3) is 0.174. The van der Waals surface area contributed by atoms with E-state index < -0.39 is 22.6 Å². The largest absolute Gasteiger partial charge is 0.467 e. The van der Waals surface area contributed by atoms with Crippen molar-refractivity contribution < 1.29 is 24.3 Å². The molecule has 1 N–H and O–H groups in total. The molecule has 7 nitrogen and oxygen atoms in total. The number of nitro benzene ring substituents is 1. The van der Waals surface area contributed by atoms with Crippen LogP contribution >= 0.6 is 0 Å². The highest BCUT2D eigenvalue weighted by Gasteiger charge is 2.50. The molecule has 3 aromatic rings. The van der Waals surface area contributed by atoms with E-state index in [1.165, 1.54) is 31.4 Å². The summed E-state index contributed by atoms with van der Waals surface area (Å²) in [6, 6.07) is 23.1. The predicted molar refractivity (Wildman–Crippen MR) is 109 cm³/mol. The number of aliphatic hydroxyl groups is 1. The van der Waals surface area contributed by atoms with Crippen LogP contribution in [0.1, 0.15) is 22.8 Å². The van der Waals surface area contributed by atoms with Crippen molar-refractivity contribution in [3.05, 3.63) is 112 Å². The van der Waals surface area contributed by atoms with E-state index in [1.807, 2.05) is 30.3 Å². The lowest BCUT2D eigenvalue weighted by molar-refractivity contribution is -0.384. The van der Waals surface area contributed by atoms with Crippen molar-refractivity contribution in [1.82, 2.24) is 0 Å². The first-order chi connectivity index (χ1) is 14.5. The van der Waals surface area contributed by atoms with Crippen LogP contribution in [0.3, 0.4) is 0 Å². The van der Waals surface area contributed by atoms with Crippen LogP contribution in [0.2, 0.25) is 0 Å². The second-order valence-corrected chi connectivity index (χ2v) is 6.62. The van der Waals surface area contributed by atoms with Crippen LogP contribution in [0.4, 0.5) is 5.69 Å². The van der Waals surface area contributed by atoms with Gasteiger partial charge in [-0.05, 0) is 28.8 Å². The molecular formula is C23H21NO6. The smallest absolute Gasteiger partial charge is 0.346 e. The average Bonchev–Trinajstić information content (AvgIpc) is 2.80. The van der Waals surface area contributed by atoms with E-state index >= 15 is 0 Å². The summed E-state index contributed by atoms with van der Waals surface area (Å²) in [6.45, 7) is 0.0366. The number of carbonyl (C=O) groups excluding carboxylic acids is 1. The van der Waals surface area contributed by atoms with Gasteiger partial charge >= 0.3 is 5.97 Å². The number of benzene rings is 3. The normalized spacial score (nSPS) is 13.8. The zero-order valence-corrected chi connectivity index (χ0v) is 16.3. The average molecular weight is 407 g/mol. The van der Waals surface area contributed by atoms with E-state index in [0.29, 0.717) is 5.56 Å². The molecule has 154 valence electrons. The lowest BCUT2D eigenvalue weighted by atomic mass is 9.84. The van der Waals surface area contributed by atoms with E-state index in [4.69, 9.17) is 9.47 Å². The van der Waals surface area contributed by atoms with Crippen LogP contribution in [0.25, 0.3) is 0 Å². The van der Waals surface area contributed by atoms with Gasteiger partial charge in [-0.15, -0.1) is 0 Å². The molecule has 0 fully saturated rings. The van der Waals surface area contributed by atoms with E-state index in [1.54, 1.807) is 30.3 Å². The van der Waals surface area contributed by atoms with E-state index in [9.17, 15) is 20.0 Å². The maximum atomic E-state index is 13.0. The van der Waals surface area contributed by atoms with Crippen LogP contribution < -0.4 is 0 Å². The van der Waals surface area contributed by atoms with Crippen molar-refractivity contribution in [3.63, 3.8) is 0 Å². The molecule has 30 heavy (non-hydrogen) atoms. The van der Waals surface area contributed by atoms with Gasteiger partial charge in [0.1, 0.15) is 6.10 Å². The first kappa shape index (κ1) is 21.2. The maximum Gasteiger partial charge on any atom is 0.346 e. The van der Waals surface area contributed by atoms with E-state index in [2.05, 4.69) is 0 Å². The Balaban J connectivity index is 2.08. The number of aliphatic hydroxyl groups excluding tert-OH is 1. The predicted octanol–water partition coefficient (Wildman–Crippen LogP) is 3.91. The Morgan fingerprint density at radius 2 is 1.57 bits per heavy atom. The van der Waals surface area contributed by atoms with Crippen molar-refractivity contribution in [3.8, 4) is 0 Å². The Hall–Kier alpha value is -3.55. The number of methoxy groups -OCH3 is 1. The highest BCUT2D eigenvalue weighted by Crippen LogP contribution is 2.41. The van der Waals surface area contributed by atoms with Gasteiger partial charge in [0.05, 0.1) is 18.6 Å². The first-order valence-corrected chi connectivity index (χ1v) is 9.23. The third-order valence-corrected chi connectivity index (χ3v) is 4.81. The van der Waals surface area contributed by atoms with E-state index in [0.717, 1.165) is 5.56 Å². The third-order valence-electron chi connectivity index (χ3n) is 4.81. The van der Waals surface area contributed by atoms with Crippen LogP contribution in [0.15, 0.2) is 84.9 Å². The van der Waals surface area contributed by atoms with Crippen LogP contribution in [-0.2, 0) is 26.5 Å². The monoisotopic (exact) mass is 407 g/mol. The van der Waals surface area contributed by atoms with Gasteiger partial charge in [0.25, 0.3) is 5.69 Å². The summed E-state index contributed by atoms with van der Waals surface area (Å²) in [5, 5.41) is 22.3. The minimum atomic E-state index is -1.87. The SMILES string of the molecule is COC(=O)[C@](OCc1ccccc1)(c1ccccc1)[C@H](O)c1ccc([N+](=O)[O-])cc1. The van der Waals surface area contributed by atoms with Gasteiger partial charge in [0.2, 0.25) is 5.60 Å². The summed E-state index contributed by atoms with van der Waals surface area (Å²) >= 11 is 0. The number of rotatable bonds is 8. The molecule has 0 aliphatic heterocycles. The summed E-state index contributed by atoms with van der Waals surface area (Å²) in [5.74, 6) is -0.782. The molecule has 2 atom stereocenters. The van der Waals surface area contributed by atoms with Gasteiger partial charge < -0.3 is 14.6 Å². The van der Waals surface area contributed by atoms with Gasteiger partial charge in [0, 0.05) is 12.1 Å². The zero-order valence-electron chi connectivity index (χ0n) is 16.3. The van der Waals surface area contributed by atoms with Crippen molar-refractivity contribution in [2.24, 2.45) is 0 Å². The second kappa shape index (κ2) is 9.30. The lowest BCUT2D eigenvalue weighted by Crippen LogP contribution is -2.45. The molecule has 0 heterocycles. The molecule has 0 spiro atoms. The maximum absolute atomic E-state index is 13.0. The standard InChI is InChI=1S/C23H21NO6/c1-29-22(26)23(19-10-6-3-7-11-19,30-16-17-8-4-2-5-9-17)21(25)18-12-14-20(15-13-18)24(27)28/h2-15,21,25H,16H2,1H3/t21-,23+/m1/s1. The van der Waals surface area contributed by atoms with Gasteiger partial charge in [-0.1, -0.05) is 60.7 Å². The fourth-order valence-corrected chi connectivity index (χ4v) is 3.23. The number of ether oxygens (including phenoxy) is 2. The van der Waals surface area contributed by atoms with Gasteiger partial charge in [-0.2, -0.15) is 0 Å². The number of non-ortho nitro benzene ring substituents is 1. The summed E-state index contributed by atoms with van der Waals surface area (Å²) in [6.07, 6.45) is -1.48. The number of hydrogen-bond donors (Lipinski definition) is 1. The minimum absolute atomic E-state index is 0.0366. The second-order valence-electron chi connectivity index (χ2n) is 6.62. The molecule has 0 unspecified atom stereocenters. The van der Waals surface area contributed by atoms with Crippen molar-refractivity contribution >= 4 is 11.7 Å². The number of esters is 1. The van der Waals surface area contributed by atoms with E-state index in [-0.39, 0.29) is 17.9 Å². The number of nitrogens with zero attached hydrogens (tertiary/aromatic N) is 1. The fourth-order valence-electron chi connectivity index (χ4n) is 3.23. The summed E-state index contributed by atoms with van der Waals surface area (Å²) < 4.78 is 11.1. The highest BCUT2D eigenvalue weighted by atomic mass is 16.6. The molecule has 3 aromatic carbocycles. The summed E-state index contributed by atoms with van der Waals surface area (Å²) in [7, 11) is 1.22. The molecule has 0 aliphatic rings. The Bertz CT molecular complexity index is 991. The lowest BCUT2D eigenvalue weighted by Gasteiger charge is -2.36. The van der Waals surface area contributed by atoms with Gasteiger partial charge in [-0.25, -0.2) is 4.79 Å². The number of nitro groups is 1. The molecule has 7 heteroatoms. The van der Waals surface area contributed by atoms with Gasteiger partial charge in [-0.3, -0.25) is 10.1 Å². The van der Waals surface area contributed by atoms with Crippen molar-refractivity contribution in [2.75, 3.05) is 7.11 Å². The molecule has 0 bridgehead atoms. The molecule has 0 saturated heterocycles. The molecular weight excluding hydrogens is 386 g/mol. The molecule has 0 aliphatic carbocycles. The highest BCUT2D eigenvalue weighted by molar-refractivity contribution is 5.82. The molecule has 0 saturated carbocycles. The number of carbonyl (C=O) groups is 1. The number of hydrogen-bond acceptors (Lipinski definition) is 6. The molecule has 0 aromatic heterocycles. The summed E-state index contributed by atoms with van der Waals surface area (Å²) in [4.78, 5) is 23.5. The van der Waals surface area contributed by atoms with Crippen molar-refractivity contribution in [1.29, 1.82) is 0 Å². The molecule has 3 rings (SSSR count). The Morgan fingerprint density at radius 3 is 2.10 bits per heavy atom. The van der Waals surface area contributed by atoms with Crippen LogP contribution in [-0.4, -0.2) is 23.1 Å². The Kier molecular flexibility index (Phi) is 6.56. The minimum Gasteiger partial charge on any atom is -0.467 e. The van der Waals surface area contributed by atoms with Crippen molar-refractivity contribution in [2.45, 2.75) is 18.3 Å². The topological polar surface area (TPSA) is 98.9 Å². The molecule has 0 amide bonds. The van der Waals surface area contributed by atoms with Crippen LogP contribution in [0.5, 0.6) is 0 Å². The zero-order chi connectivity index (χ0) is 21.6. The Labute approximate surface area is 173 Å². The van der Waals surface area contributed by atoms with Crippen LogP contribution in [0, 0.1) is 10.1 Å².